The van der Waals surface area contributed by atoms with Crippen molar-refractivity contribution < 1.29 is 4.74 Å². The Kier molecular flexibility index (Phi) is 2.83. The zero-order chi connectivity index (χ0) is 11.5. The van der Waals surface area contributed by atoms with Crippen LogP contribution in [0.1, 0.15) is 12.8 Å². The van der Waals surface area contributed by atoms with Gasteiger partial charge in [-0.15, -0.1) is 5.10 Å². The number of ether oxygens (including phenoxy) is 1. The van der Waals surface area contributed by atoms with Crippen LogP contribution in [0.5, 0.6) is 5.88 Å². The van der Waals surface area contributed by atoms with Crippen molar-refractivity contribution in [2.75, 3.05) is 19.7 Å². The van der Waals surface area contributed by atoms with Crippen molar-refractivity contribution in [3.05, 3.63) is 12.4 Å². The Hall–Kier alpha value is -1.76. The lowest BCUT2D eigenvalue weighted by molar-refractivity contribution is 0.266. The van der Waals surface area contributed by atoms with Gasteiger partial charge in [-0.2, -0.15) is 4.52 Å². The van der Waals surface area contributed by atoms with Crippen molar-refractivity contribution in [1.29, 1.82) is 0 Å². The summed E-state index contributed by atoms with van der Waals surface area (Å²) in [7, 11) is 0. The van der Waals surface area contributed by atoms with E-state index >= 15 is 0 Å². The zero-order valence-electron chi connectivity index (χ0n) is 9.41. The minimum Gasteiger partial charge on any atom is -0.476 e. The molecule has 2 aromatic rings. The predicted molar refractivity (Wildman–Crippen MR) is 59.7 cm³/mol. The average molecular weight is 234 g/mol. The molecular weight excluding hydrogens is 220 g/mol. The molecule has 3 heterocycles. The molecule has 1 N–H and O–H groups in total. The van der Waals surface area contributed by atoms with Crippen LogP contribution in [-0.2, 0) is 0 Å². The zero-order valence-corrected chi connectivity index (χ0v) is 9.41. The molecule has 0 aromatic carbocycles. The Morgan fingerprint density at radius 1 is 1.47 bits per heavy atom. The second-order valence-electron chi connectivity index (χ2n) is 4.19. The van der Waals surface area contributed by atoms with Gasteiger partial charge in [0, 0.05) is 0 Å². The average Bonchev–Trinajstić information content (AvgIpc) is 2.99. The quantitative estimate of drug-likeness (QED) is 0.796. The molecule has 0 bridgehead atoms. The van der Waals surface area contributed by atoms with E-state index in [1.54, 1.807) is 16.9 Å². The Labute approximate surface area is 98.2 Å². The summed E-state index contributed by atoms with van der Waals surface area (Å²) in [5, 5.41) is 14.6. The Morgan fingerprint density at radius 2 is 2.47 bits per heavy atom. The summed E-state index contributed by atoms with van der Waals surface area (Å²) >= 11 is 0. The molecule has 0 amide bonds. The van der Waals surface area contributed by atoms with E-state index in [1.165, 1.54) is 6.42 Å². The lowest BCUT2D eigenvalue weighted by Crippen LogP contribution is -2.12. The number of rotatable bonds is 4. The van der Waals surface area contributed by atoms with Crippen molar-refractivity contribution in [1.82, 2.24) is 30.3 Å². The molecule has 7 heteroatoms. The summed E-state index contributed by atoms with van der Waals surface area (Å²) in [6.45, 7) is 2.89. The smallest absolute Gasteiger partial charge is 0.237 e. The summed E-state index contributed by atoms with van der Waals surface area (Å²) < 4.78 is 7.23. The monoisotopic (exact) mass is 234 g/mol. The van der Waals surface area contributed by atoms with Gasteiger partial charge >= 0.3 is 0 Å². The molecule has 0 spiro atoms. The summed E-state index contributed by atoms with van der Waals surface area (Å²) in [5.41, 5.74) is 0.602. The van der Waals surface area contributed by atoms with Gasteiger partial charge in [0.15, 0.2) is 0 Å². The molecule has 2 aromatic heterocycles. The molecule has 1 unspecified atom stereocenters. The van der Waals surface area contributed by atoms with Gasteiger partial charge in [0.1, 0.15) is 0 Å². The van der Waals surface area contributed by atoms with Crippen molar-refractivity contribution in [3.8, 4) is 5.88 Å². The molecule has 0 radical (unpaired) electrons. The molecule has 1 fully saturated rings. The highest BCUT2D eigenvalue weighted by Crippen LogP contribution is 2.14. The first-order valence-corrected chi connectivity index (χ1v) is 5.79. The van der Waals surface area contributed by atoms with E-state index in [1.807, 2.05) is 0 Å². The lowest BCUT2D eigenvalue weighted by Gasteiger charge is -2.09. The van der Waals surface area contributed by atoms with Crippen LogP contribution in [0.3, 0.4) is 0 Å². The highest BCUT2D eigenvalue weighted by Gasteiger charge is 2.14. The van der Waals surface area contributed by atoms with Crippen molar-refractivity contribution in [2.45, 2.75) is 12.8 Å². The normalized spacial score (nSPS) is 19.9. The molecule has 0 saturated carbocycles. The predicted octanol–water partition coefficient (Wildman–Crippen LogP) is -0.102. The lowest BCUT2D eigenvalue weighted by atomic mass is 10.1. The number of fused-ring (bicyclic) bond motifs is 1. The van der Waals surface area contributed by atoms with E-state index in [0.29, 0.717) is 18.1 Å². The fourth-order valence-corrected chi connectivity index (χ4v) is 2.04. The van der Waals surface area contributed by atoms with Crippen molar-refractivity contribution >= 4 is 5.65 Å². The van der Waals surface area contributed by atoms with E-state index in [-0.39, 0.29) is 0 Å². The van der Waals surface area contributed by atoms with E-state index in [4.69, 9.17) is 4.74 Å². The van der Waals surface area contributed by atoms with Gasteiger partial charge in [0.25, 0.3) is 0 Å². The maximum atomic E-state index is 5.67. The topological polar surface area (TPSA) is 77.2 Å². The molecule has 0 aliphatic carbocycles. The van der Waals surface area contributed by atoms with E-state index < -0.39 is 0 Å². The van der Waals surface area contributed by atoms with Crippen LogP contribution in [0.15, 0.2) is 12.4 Å². The van der Waals surface area contributed by atoms with Gasteiger partial charge in [-0.05, 0) is 42.3 Å². The first-order chi connectivity index (χ1) is 8.43. The van der Waals surface area contributed by atoms with Crippen LogP contribution >= 0.6 is 0 Å². The van der Waals surface area contributed by atoms with Crippen LogP contribution in [0.4, 0.5) is 0 Å². The van der Waals surface area contributed by atoms with Gasteiger partial charge < -0.3 is 10.1 Å². The van der Waals surface area contributed by atoms with Crippen molar-refractivity contribution in [3.63, 3.8) is 0 Å². The molecule has 1 aliphatic rings. The largest absolute Gasteiger partial charge is 0.476 e. The van der Waals surface area contributed by atoms with Gasteiger partial charge in [0.2, 0.25) is 11.5 Å². The summed E-state index contributed by atoms with van der Waals surface area (Å²) in [6, 6.07) is 0. The molecule has 1 aliphatic heterocycles. The molecular formula is C10H14N6O. The van der Waals surface area contributed by atoms with Crippen molar-refractivity contribution in [2.24, 2.45) is 5.92 Å². The minimum absolute atomic E-state index is 0.596. The molecule has 90 valence electrons. The highest BCUT2D eigenvalue weighted by atomic mass is 16.5. The molecule has 1 atom stereocenters. The molecule has 3 rings (SSSR count). The van der Waals surface area contributed by atoms with Gasteiger partial charge in [-0.25, -0.2) is 0 Å². The Bertz CT molecular complexity index is 492. The number of tetrazole rings is 1. The molecule has 17 heavy (non-hydrogen) atoms. The van der Waals surface area contributed by atoms with Crippen LogP contribution < -0.4 is 10.1 Å². The van der Waals surface area contributed by atoms with Crippen LogP contribution in [-0.4, -0.2) is 44.7 Å². The second-order valence-corrected chi connectivity index (χ2v) is 4.19. The maximum absolute atomic E-state index is 5.67. The maximum Gasteiger partial charge on any atom is 0.237 e. The highest BCUT2D eigenvalue weighted by molar-refractivity contribution is 5.34. The number of nitrogens with zero attached hydrogens (tertiary/aromatic N) is 5. The number of nitrogens with one attached hydrogen (secondary N) is 1. The molecule has 1 saturated heterocycles. The third-order valence-electron chi connectivity index (χ3n) is 3.02. The number of hydrogen-bond donors (Lipinski definition) is 1. The Morgan fingerprint density at radius 3 is 3.35 bits per heavy atom. The standard InChI is InChI=1S/C10H14N6O/c1-3-11-5-8(1)2-4-17-10-7-12-6-9-13-14-15-16(9)10/h6-8,11H,1-5H2. The van der Waals surface area contributed by atoms with Crippen LogP contribution in [0.2, 0.25) is 0 Å². The van der Waals surface area contributed by atoms with E-state index in [0.717, 1.165) is 25.4 Å². The first-order valence-electron chi connectivity index (χ1n) is 5.79. The first kappa shape index (κ1) is 10.4. The number of hydrogen-bond acceptors (Lipinski definition) is 6. The van der Waals surface area contributed by atoms with Gasteiger partial charge in [0.05, 0.1) is 19.0 Å². The summed E-state index contributed by atoms with van der Waals surface area (Å²) in [5.74, 6) is 1.31. The van der Waals surface area contributed by atoms with E-state index in [2.05, 4.69) is 25.8 Å². The second kappa shape index (κ2) is 4.62. The number of aromatic nitrogens is 5. The third-order valence-corrected chi connectivity index (χ3v) is 3.02. The molecule has 7 nitrogen and oxygen atoms in total. The van der Waals surface area contributed by atoms with Crippen LogP contribution in [0, 0.1) is 5.92 Å². The fraction of sp³-hybridized carbons (Fsp3) is 0.600. The van der Waals surface area contributed by atoms with E-state index in [9.17, 15) is 0 Å². The fourth-order valence-electron chi connectivity index (χ4n) is 2.04. The summed E-state index contributed by atoms with van der Waals surface area (Å²) in [6.07, 6.45) is 5.52. The Balaban J connectivity index is 1.62. The minimum atomic E-state index is 0.596. The van der Waals surface area contributed by atoms with Crippen LogP contribution in [0.25, 0.3) is 5.65 Å². The summed E-state index contributed by atoms with van der Waals surface area (Å²) in [4.78, 5) is 4.03. The third kappa shape index (κ3) is 2.19. The van der Waals surface area contributed by atoms with Gasteiger partial charge in [-0.1, -0.05) is 0 Å². The van der Waals surface area contributed by atoms with Gasteiger partial charge in [-0.3, -0.25) is 4.98 Å². The SMILES string of the molecule is c1ncc2nnnn2c1OCCC1CCNC1.